The van der Waals surface area contributed by atoms with Crippen LogP contribution in [0, 0.1) is 0 Å². The average Bonchev–Trinajstić information content (AvgIpc) is 3.27. The molecule has 34 heavy (non-hydrogen) atoms. The van der Waals surface area contributed by atoms with Crippen LogP contribution in [0.15, 0.2) is 4.99 Å². The van der Waals surface area contributed by atoms with E-state index < -0.39 is 66.9 Å². The molecule has 1 aliphatic heterocycles. The second-order valence-electron chi connectivity index (χ2n) is 7.82. The maximum Gasteiger partial charge on any atom is 0.326 e. The number of carboxylic acids is 2. The number of nitrogens with two attached hydrogens (primary N) is 3. The van der Waals surface area contributed by atoms with Crippen LogP contribution in [-0.4, -0.2) is 99.7 Å². The predicted molar refractivity (Wildman–Crippen MR) is 118 cm³/mol. The van der Waals surface area contributed by atoms with Gasteiger partial charge in [0.15, 0.2) is 5.96 Å². The highest BCUT2D eigenvalue weighted by molar-refractivity contribution is 5.94. The van der Waals surface area contributed by atoms with Crippen LogP contribution in [0.2, 0.25) is 0 Å². The van der Waals surface area contributed by atoms with E-state index in [2.05, 4.69) is 15.6 Å². The van der Waals surface area contributed by atoms with Gasteiger partial charge in [-0.1, -0.05) is 0 Å². The second kappa shape index (κ2) is 13.9. The number of aliphatic hydroxyl groups excluding tert-OH is 1. The van der Waals surface area contributed by atoms with Gasteiger partial charge in [-0.25, -0.2) is 4.79 Å². The summed E-state index contributed by atoms with van der Waals surface area (Å²) in [7, 11) is 0. The SMILES string of the molecule is NC(N)=NCCCC(NC(=O)C(CCC(=O)O)NC(=O)C(N)CO)C(=O)N1CCCC1C(=O)O. The van der Waals surface area contributed by atoms with Crippen molar-refractivity contribution in [3.05, 3.63) is 0 Å². The van der Waals surface area contributed by atoms with Crippen molar-refractivity contribution in [2.45, 2.75) is 62.7 Å². The van der Waals surface area contributed by atoms with Crippen molar-refractivity contribution in [2.75, 3.05) is 19.7 Å². The van der Waals surface area contributed by atoms with Gasteiger partial charge in [0.1, 0.15) is 24.2 Å². The highest BCUT2D eigenvalue weighted by atomic mass is 16.4. The fraction of sp³-hybridized carbons (Fsp3) is 0.684. The number of carbonyl (C=O) groups excluding carboxylic acids is 3. The van der Waals surface area contributed by atoms with E-state index in [-0.39, 0.29) is 44.7 Å². The van der Waals surface area contributed by atoms with E-state index in [4.69, 9.17) is 27.4 Å². The first-order valence-electron chi connectivity index (χ1n) is 10.8. The van der Waals surface area contributed by atoms with Gasteiger partial charge in [-0.2, -0.15) is 0 Å². The Labute approximate surface area is 195 Å². The van der Waals surface area contributed by atoms with Gasteiger partial charge in [-0.3, -0.25) is 24.2 Å². The van der Waals surface area contributed by atoms with Crippen molar-refractivity contribution < 1.29 is 39.3 Å². The molecule has 0 aromatic heterocycles. The summed E-state index contributed by atoms with van der Waals surface area (Å²) in [6.45, 7) is -0.355. The van der Waals surface area contributed by atoms with Crippen molar-refractivity contribution >= 4 is 35.6 Å². The molecule has 1 saturated heterocycles. The van der Waals surface area contributed by atoms with Crippen molar-refractivity contribution in [1.29, 1.82) is 0 Å². The summed E-state index contributed by atoms with van der Waals surface area (Å²) in [6, 6.07) is -4.90. The molecule has 0 bridgehead atoms. The van der Waals surface area contributed by atoms with Gasteiger partial charge in [-0.05, 0) is 32.1 Å². The van der Waals surface area contributed by atoms with Crippen LogP contribution in [0.3, 0.4) is 0 Å². The first kappa shape index (κ1) is 28.6. The number of nitrogens with zero attached hydrogens (tertiary/aromatic N) is 2. The monoisotopic (exact) mass is 487 g/mol. The van der Waals surface area contributed by atoms with Crippen LogP contribution < -0.4 is 27.8 Å². The first-order chi connectivity index (χ1) is 16.0. The molecule has 1 rings (SSSR count). The van der Waals surface area contributed by atoms with Gasteiger partial charge in [0.05, 0.1) is 6.61 Å². The topological polar surface area (TPSA) is 264 Å². The number of guanidine groups is 1. The molecule has 192 valence electrons. The Morgan fingerprint density at radius 2 is 1.68 bits per heavy atom. The lowest BCUT2D eigenvalue weighted by Crippen LogP contribution is -2.57. The smallest absolute Gasteiger partial charge is 0.326 e. The number of nitrogens with one attached hydrogen (secondary N) is 2. The van der Waals surface area contributed by atoms with E-state index in [1.165, 1.54) is 4.90 Å². The third-order valence-corrected chi connectivity index (χ3v) is 5.19. The zero-order valence-corrected chi connectivity index (χ0v) is 18.7. The van der Waals surface area contributed by atoms with Gasteiger partial charge in [0.25, 0.3) is 0 Å². The largest absolute Gasteiger partial charge is 0.481 e. The van der Waals surface area contributed by atoms with E-state index >= 15 is 0 Å². The van der Waals surface area contributed by atoms with Crippen molar-refractivity contribution in [3.8, 4) is 0 Å². The zero-order valence-electron chi connectivity index (χ0n) is 18.7. The number of likely N-dealkylation sites (tertiary alicyclic amines) is 1. The minimum atomic E-state index is -1.36. The zero-order chi connectivity index (χ0) is 25.8. The van der Waals surface area contributed by atoms with E-state index in [0.29, 0.717) is 6.42 Å². The summed E-state index contributed by atoms with van der Waals surface area (Å²) in [5, 5.41) is 32.1. The predicted octanol–water partition coefficient (Wildman–Crippen LogP) is -3.73. The Morgan fingerprint density at radius 3 is 2.24 bits per heavy atom. The quantitative estimate of drug-likeness (QED) is 0.0670. The van der Waals surface area contributed by atoms with Crippen LogP contribution in [0.5, 0.6) is 0 Å². The number of aliphatic imine (C=N–C) groups is 1. The molecule has 1 fully saturated rings. The summed E-state index contributed by atoms with van der Waals surface area (Å²) in [4.78, 5) is 65.5. The highest BCUT2D eigenvalue weighted by Crippen LogP contribution is 2.20. The molecule has 0 aromatic rings. The van der Waals surface area contributed by atoms with Crippen molar-refractivity contribution in [2.24, 2.45) is 22.2 Å². The van der Waals surface area contributed by atoms with Crippen LogP contribution in [0.4, 0.5) is 0 Å². The Hall–Kier alpha value is -3.46. The third kappa shape index (κ3) is 9.19. The average molecular weight is 488 g/mol. The van der Waals surface area contributed by atoms with Gasteiger partial charge in [-0.15, -0.1) is 0 Å². The van der Waals surface area contributed by atoms with E-state index in [1.807, 2.05) is 0 Å². The summed E-state index contributed by atoms with van der Waals surface area (Å²) >= 11 is 0. The molecule has 4 atom stereocenters. The molecule has 0 aliphatic carbocycles. The normalized spacial score (nSPS) is 17.8. The molecule has 1 heterocycles. The molecule has 4 unspecified atom stereocenters. The number of amides is 3. The number of hydrogen-bond acceptors (Lipinski definition) is 8. The number of hydrogen-bond donors (Lipinski definition) is 8. The fourth-order valence-corrected chi connectivity index (χ4v) is 3.42. The lowest BCUT2D eigenvalue weighted by atomic mass is 10.1. The first-order valence-corrected chi connectivity index (χ1v) is 10.8. The Kier molecular flexibility index (Phi) is 11.7. The van der Waals surface area contributed by atoms with Gasteiger partial charge >= 0.3 is 11.9 Å². The molecule has 15 heteroatoms. The lowest BCUT2D eigenvalue weighted by Gasteiger charge is -2.29. The Bertz CT molecular complexity index is 787. The number of carboxylic acid groups (broad SMARTS) is 2. The molecule has 1 aliphatic rings. The lowest BCUT2D eigenvalue weighted by molar-refractivity contribution is -0.149. The van der Waals surface area contributed by atoms with E-state index in [9.17, 15) is 29.1 Å². The van der Waals surface area contributed by atoms with E-state index in [1.54, 1.807) is 0 Å². The van der Waals surface area contributed by atoms with Gasteiger partial charge < -0.3 is 48.1 Å². The number of rotatable bonds is 14. The highest BCUT2D eigenvalue weighted by Gasteiger charge is 2.38. The summed E-state index contributed by atoms with van der Waals surface area (Å²) in [5.41, 5.74) is 16.0. The van der Waals surface area contributed by atoms with Crippen LogP contribution in [-0.2, 0) is 24.0 Å². The van der Waals surface area contributed by atoms with Crippen LogP contribution in [0.1, 0.15) is 38.5 Å². The molecule has 0 radical (unpaired) electrons. The van der Waals surface area contributed by atoms with Crippen molar-refractivity contribution in [3.63, 3.8) is 0 Å². The summed E-state index contributed by atoms with van der Waals surface area (Å²) in [6.07, 6.45) is 0.298. The minimum absolute atomic E-state index is 0.0555. The Morgan fingerprint density at radius 1 is 1.03 bits per heavy atom. The fourth-order valence-electron chi connectivity index (χ4n) is 3.42. The third-order valence-electron chi connectivity index (χ3n) is 5.19. The summed E-state index contributed by atoms with van der Waals surface area (Å²) in [5.74, 6) is -4.90. The van der Waals surface area contributed by atoms with Gasteiger partial charge in [0, 0.05) is 19.5 Å². The number of aliphatic carboxylic acids is 2. The maximum absolute atomic E-state index is 13.1. The molecule has 0 spiro atoms. The van der Waals surface area contributed by atoms with Gasteiger partial charge in [0.2, 0.25) is 17.7 Å². The molecule has 3 amide bonds. The molecular weight excluding hydrogens is 454 g/mol. The maximum atomic E-state index is 13.1. The molecule has 0 aromatic carbocycles. The van der Waals surface area contributed by atoms with E-state index in [0.717, 1.165) is 0 Å². The summed E-state index contributed by atoms with van der Waals surface area (Å²) < 4.78 is 0. The standard InChI is InChI=1S/C19H33N7O8/c20-10(9-27)15(30)24-11(5-6-14(28)29)16(31)25-12(3-1-7-23-19(21)22)17(32)26-8-2-4-13(26)18(33)34/h10-13,27H,1-9,20H2,(H,24,30)(H,25,31)(H,28,29)(H,33,34)(H4,21,22,23). The second-order valence-corrected chi connectivity index (χ2v) is 7.82. The molecule has 0 saturated carbocycles. The Balaban J connectivity index is 3.04. The van der Waals surface area contributed by atoms with Crippen LogP contribution in [0.25, 0.3) is 0 Å². The number of carbonyl (C=O) groups is 5. The van der Waals surface area contributed by atoms with Crippen molar-refractivity contribution in [1.82, 2.24) is 15.5 Å². The molecule has 15 nitrogen and oxygen atoms in total. The number of aliphatic hydroxyl groups is 1. The van der Waals surface area contributed by atoms with Crippen LogP contribution >= 0.6 is 0 Å². The molecule has 11 N–H and O–H groups in total. The minimum Gasteiger partial charge on any atom is -0.481 e. The molecular formula is C19H33N7O8.